The molecule has 2 aromatic rings. The van der Waals surface area contributed by atoms with Gasteiger partial charge >= 0.3 is 0 Å². The van der Waals surface area contributed by atoms with Gasteiger partial charge in [-0.15, -0.1) is 0 Å². The molecule has 1 aliphatic heterocycles. The maximum Gasteiger partial charge on any atom is 0.251 e. The summed E-state index contributed by atoms with van der Waals surface area (Å²) in [4.78, 5) is 17.0. The van der Waals surface area contributed by atoms with E-state index in [0.717, 1.165) is 26.2 Å². The van der Waals surface area contributed by atoms with Crippen LogP contribution in [0.15, 0.2) is 41.1 Å². The zero-order chi connectivity index (χ0) is 16.9. The summed E-state index contributed by atoms with van der Waals surface area (Å²) in [5.74, 6) is -0.625. The summed E-state index contributed by atoms with van der Waals surface area (Å²) >= 11 is 1.67. The Morgan fingerprint density at radius 2 is 2.08 bits per heavy atom. The first-order chi connectivity index (χ1) is 11.6. The van der Waals surface area contributed by atoms with Crippen LogP contribution in [0, 0.1) is 5.82 Å². The number of piperazine rings is 1. The standard InChI is InChI=1S/C18H22FN3OS/c1-21-6-8-22(9-7-21)17(15-5-10-24-13-15)12-20-18(23)14-3-2-4-16(19)11-14/h2-5,10-11,13,17H,6-9,12H2,1H3,(H,20,23)/t17-/m0/s1. The summed E-state index contributed by atoms with van der Waals surface area (Å²) in [6.07, 6.45) is 0. The van der Waals surface area contributed by atoms with Gasteiger partial charge in [-0.05, 0) is 47.6 Å². The lowest BCUT2D eigenvalue weighted by molar-refractivity contribution is 0.0886. The quantitative estimate of drug-likeness (QED) is 0.903. The third-order valence-electron chi connectivity index (χ3n) is 4.45. The Morgan fingerprint density at radius 3 is 2.75 bits per heavy atom. The topological polar surface area (TPSA) is 35.6 Å². The monoisotopic (exact) mass is 347 g/mol. The first-order valence-corrected chi connectivity index (χ1v) is 9.06. The highest BCUT2D eigenvalue weighted by Gasteiger charge is 2.24. The molecule has 128 valence electrons. The molecule has 0 radical (unpaired) electrons. The van der Waals surface area contributed by atoms with Crippen LogP contribution in [0.5, 0.6) is 0 Å². The molecule has 1 aromatic carbocycles. The summed E-state index contributed by atoms with van der Waals surface area (Å²) in [6, 6.07) is 8.07. The normalized spacial score (nSPS) is 17.6. The number of halogens is 1. The van der Waals surface area contributed by atoms with E-state index in [1.807, 2.05) is 0 Å². The van der Waals surface area contributed by atoms with Crippen LogP contribution in [0.1, 0.15) is 22.0 Å². The van der Waals surface area contributed by atoms with Crippen molar-refractivity contribution >= 4 is 17.2 Å². The van der Waals surface area contributed by atoms with Gasteiger partial charge in [0.15, 0.2) is 0 Å². The van der Waals surface area contributed by atoms with E-state index in [9.17, 15) is 9.18 Å². The summed E-state index contributed by atoms with van der Waals surface area (Å²) < 4.78 is 13.3. The van der Waals surface area contributed by atoms with E-state index in [1.54, 1.807) is 23.5 Å². The van der Waals surface area contributed by atoms with Crippen molar-refractivity contribution in [3.8, 4) is 0 Å². The Bertz CT molecular complexity index is 669. The van der Waals surface area contributed by atoms with Gasteiger partial charge in [-0.3, -0.25) is 9.69 Å². The second-order valence-electron chi connectivity index (χ2n) is 6.13. The number of nitrogens with one attached hydrogen (secondary N) is 1. The van der Waals surface area contributed by atoms with Crippen LogP contribution < -0.4 is 5.32 Å². The summed E-state index contributed by atoms with van der Waals surface area (Å²) in [5.41, 5.74) is 1.58. The lowest BCUT2D eigenvalue weighted by Gasteiger charge is -2.38. The van der Waals surface area contributed by atoms with Crippen LogP contribution in [0.2, 0.25) is 0 Å². The molecule has 0 unspecified atom stereocenters. The minimum absolute atomic E-state index is 0.155. The van der Waals surface area contributed by atoms with Crippen LogP contribution in [0.4, 0.5) is 4.39 Å². The Morgan fingerprint density at radius 1 is 1.29 bits per heavy atom. The van der Waals surface area contributed by atoms with Crippen molar-refractivity contribution in [1.82, 2.24) is 15.1 Å². The van der Waals surface area contributed by atoms with Crippen molar-refractivity contribution in [2.24, 2.45) is 0 Å². The van der Waals surface area contributed by atoms with E-state index in [-0.39, 0.29) is 11.9 Å². The summed E-state index contributed by atoms with van der Waals surface area (Å²) in [7, 11) is 2.13. The van der Waals surface area contributed by atoms with Crippen LogP contribution in [-0.2, 0) is 0 Å². The number of hydrogen-bond donors (Lipinski definition) is 1. The number of nitrogens with zero attached hydrogens (tertiary/aromatic N) is 2. The first kappa shape index (κ1) is 17.1. The second-order valence-corrected chi connectivity index (χ2v) is 6.91. The number of likely N-dealkylation sites (N-methyl/N-ethyl adjacent to an activating group) is 1. The molecule has 24 heavy (non-hydrogen) atoms. The highest BCUT2D eigenvalue weighted by molar-refractivity contribution is 7.07. The molecule has 6 heteroatoms. The molecule has 1 fully saturated rings. The minimum Gasteiger partial charge on any atom is -0.350 e. The lowest BCUT2D eigenvalue weighted by Crippen LogP contribution is -2.48. The van der Waals surface area contributed by atoms with Crippen LogP contribution >= 0.6 is 11.3 Å². The van der Waals surface area contributed by atoms with E-state index < -0.39 is 5.82 Å². The fourth-order valence-corrected chi connectivity index (χ4v) is 3.68. The van der Waals surface area contributed by atoms with Crippen LogP contribution in [0.3, 0.4) is 0 Å². The van der Waals surface area contributed by atoms with Crippen LogP contribution in [0.25, 0.3) is 0 Å². The number of rotatable bonds is 5. The van der Waals surface area contributed by atoms with Crippen molar-refractivity contribution in [3.05, 3.63) is 58.0 Å². The van der Waals surface area contributed by atoms with Gasteiger partial charge in [-0.25, -0.2) is 4.39 Å². The Balaban J connectivity index is 1.67. The molecule has 0 saturated carbocycles. The van der Waals surface area contributed by atoms with Gasteiger partial charge in [0, 0.05) is 38.3 Å². The summed E-state index contributed by atoms with van der Waals surface area (Å²) in [6.45, 7) is 4.53. The van der Waals surface area contributed by atoms with E-state index >= 15 is 0 Å². The van der Waals surface area contributed by atoms with Crippen molar-refractivity contribution < 1.29 is 9.18 Å². The minimum atomic E-state index is -0.392. The smallest absolute Gasteiger partial charge is 0.251 e. The number of carbonyl (C=O) groups is 1. The van der Waals surface area contributed by atoms with Gasteiger partial charge in [-0.1, -0.05) is 6.07 Å². The highest BCUT2D eigenvalue weighted by Crippen LogP contribution is 2.23. The zero-order valence-corrected chi connectivity index (χ0v) is 14.6. The third-order valence-corrected chi connectivity index (χ3v) is 5.15. The molecule has 0 bridgehead atoms. The molecule has 1 atom stereocenters. The highest BCUT2D eigenvalue weighted by atomic mass is 32.1. The molecule has 4 nitrogen and oxygen atoms in total. The number of hydrogen-bond acceptors (Lipinski definition) is 4. The van der Waals surface area contributed by atoms with Crippen molar-refractivity contribution in [3.63, 3.8) is 0 Å². The fourth-order valence-electron chi connectivity index (χ4n) is 2.98. The second kappa shape index (κ2) is 7.88. The van der Waals surface area contributed by atoms with Gasteiger partial charge in [0.1, 0.15) is 5.82 Å². The number of benzene rings is 1. The van der Waals surface area contributed by atoms with Gasteiger partial charge < -0.3 is 10.2 Å². The van der Waals surface area contributed by atoms with Crippen molar-refractivity contribution in [1.29, 1.82) is 0 Å². The maximum absolute atomic E-state index is 13.3. The Labute approximate surface area is 145 Å². The van der Waals surface area contributed by atoms with E-state index in [1.165, 1.54) is 17.7 Å². The molecule has 1 aliphatic rings. The first-order valence-electron chi connectivity index (χ1n) is 8.12. The lowest BCUT2D eigenvalue weighted by atomic mass is 10.1. The molecule has 3 rings (SSSR count). The molecular weight excluding hydrogens is 325 g/mol. The molecule has 1 saturated heterocycles. The molecule has 2 heterocycles. The molecular formula is C18H22FN3OS. The average Bonchev–Trinajstić information content (AvgIpc) is 3.11. The number of thiophene rings is 1. The Kier molecular flexibility index (Phi) is 5.60. The molecule has 1 aromatic heterocycles. The molecule has 1 N–H and O–H groups in total. The molecule has 0 aliphatic carbocycles. The number of carbonyl (C=O) groups excluding carboxylic acids is 1. The van der Waals surface area contributed by atoms with Gasteiger partial charge in [0.25, 0.3) is 5.91 Å². The molecule has 1 amide bonds. The third kappa shape index (κ3) is 4.20. The maximum atomic E-state index is 13.3. The van der Waals surface area contributed by atoms with Gasteiger partial charge in [-0.2, -0.15) is 11.3 Å². The van der Waals surface area contributed by atoms with Gasteiger partial charge in [0.05, 0.1) is 6.04 Å². The average molecular weight is 347 g/mol. The SMILES string of the molecule is CN1CCN([C@@H](CNC(=O)c2cccc(F)c2)c2ccsc2)CC1. The number of amides is 1. The van der Waals surface area contributed by atoms with E-state index in [4.69, 9.17) is 0 Å². The predicted molar refractivity (Wildman–Crippen MR) is 94.9 cm³/mol. The predicted octanol–water partition coefficient (Wildman–Crippen LogP) is 2.61. The zero-order valence-electron chi connectivity index (χ0n) is 13.7. The fraction of sp³-hybridized carbons (Fsp3) is 0.389. The van der Waals surface area contributed by atoms with E-state index in [2.05, 4.69) is 39.0 Å². The largest absolute Gasteiger partial charge is 0.350 e. The van der Waals surface area contributed by atoms with Crippen molar-refractivity contribution in [2.75, 3.05) is 39.8 Å². The van der Waals surface area contributed by atoms with Crippen LogP contribution in [-0.4, -0.2) is 55.5 Å². The van der Waals surface area contributed by atoms with Crippen molar-refractivity contribution in [2.45, 2.75) is 6.04 Å². The Hall–Kier alpha value is -1.76. The van der Waals surface area contributed by atoms with E-state index in [0.29, 0.717) is 12.1 Å². The molecule has 0 spiro atoms. The summed E-state index contributed by atoms with van der Waals surface area (Å²) in [5, 5.41) is 7.17. The van der Waals surface area contributed by atoms with Gasteiger partial charge in [0.2, 0.25) is 0 Å².